The smallest absolute Gasteiger partial charge is 0.254 e. The summed E-state index contributed by atoms with van der Waals surface area (Å²) in [6.45, 7) is 2.75. The fourth-order valence-electron chi connectivity index (χ4n) is 5.60. The Morgan fingerprint density at radius 1 is 1.17 bits per heavy atom. The minimum absolute atomic E-state index is 0.0923. The van der Waals surface area contributed by atoms with Gasteiger partial charge >= 0.3 is 0 Å². The average molecular weight is 522 g/mol. The molecule has 1 aliphatic heterocycles. The van der Waals surface area contributed by atoms with Crippen LogP contribution in [0.1, 0.15) is 43.2 Å². The van der Waals surface area contributed by atoms with E-state index in [9.17, 15) is 17.8 Å². The van der Waals surface area contributed by atoms with Crippen LogP contribution < -0.4 is 0 Å². The Labute approximate surface area is 210 Å². The Morgan fingerprint density at radius 2 is 1.80 bits per heavy atom. The Hall–Kier alpha value is -2.03. The first-order chi connectivity index (χ1) is 16.6. The molecule has 1 heterocycles. The van der Waals surface area contributed by atoms with Gasteiger partial charge in [0.15, 0.2) is 0 Å². The predicted molar refractivity (Wildman–Crippen MR) is 133 cm³/mol. The zero-order valence-electron chi connectivity index (χ0n) is 19.9. The summed E-state index contributed by atoms with van der Waals surface area (Å²) in [4.78, 5) is 16.3. The molecule has 5 nitrogen and oxygen atoms in total. The van der Waals surface area contributed by atoms with Crippen molar-refractivity contribution in [2.24, 2.45) is 9.78 Å². The normalized spacial score (nSPS) is 28.8. The van der Waals surface area contributed by atoms with E-state index in [1.54, 1.807) is 33.5 Å². The number of rotatable bonds is 6. The minimum atomic E-state index is -2.98. The van der Waals surface area contributed by atoms with Gasteiger partial charge in [0.25, 0.3) is 5.92 Å². The number of benzene rings is 2. The highest BCUT2D eigenvalue weighted by Gasteiger charge is 2.76. The van der Waals surface area contributed by atoms with Crippen LogP contribution in [0.2, 0.25) is 5.02 Å². The monoisotopic (exact) mass is 521 g/mol. The zero-order chi connectivity index (χ0) is 25.0. The van der Waals surface area contributed by atoms with Crippen molar-refractivity contribution < 1.29 is 17.8 Å². The highest BCUT2D eigenvalue weighted by Crippen LogP contribution is 2.71. The summed E-state index contributed by atoms with van der Waals surface area (Å²) in [5, 5.41) is 0.594. The van der Waals surface area contributed by atoms with Gasteiger partial charge in [-0.05, 0) is 62.4 Å². The molecule has 2 saturated carbocycles. The minimum Gasteiger partial charge on any atom is -0.334 e. The van der Waals surface area contributed by atoms with E-state index < -0.39 is 27.3 Å². The molecular weight excluding hydrogens is 492 g/mol. The van der Waals surface area contributed by atoms with Gasteiger partial charge in [-0.2, -0.15) is 0 Å². The summed E-state index contributed by atoms with van der Waals surface area (Å²) < 4.78 is 48.0. The van der Waals surface area contributed by atoms with Crippen LogP contribution >= 0.6 is 11.6 Å². The molecule has 5 rings (SSSR count). The molecule has 2 atom stereocenters. The van der Waals surface area contributed by atoms with Gasteiger partial charge in [-0.15, -0.1) is 0 Å². The number of nitrogens with zero attached hydrogens (tertiary/aromatic N) is 3. The Morgan fingerprint density at radius 3 is 2.37 bits per heavy atom. The van der Waals surface area contributed by atoms with Crippen LogP contribution in [0.25, 0.3) is 0 Å². The lowest BCUT2D eigenvalue weighted by Crippen LogP contribution is -2.55. The molecular formula is C26H30ClF2N3O2S. The zero-order valence-corrected chi connectivity index (χ0v) is 21.5. The van der Waals surface area contributed by atoms with Gasteiger partial charge in [-0.25, -0.2) is 21.7 Å². The van der Waals surface area contributed by atoms with Crippen molar-refractivity contribution >= 4 is 27.4 Å². The maximum atomic E-state index is 14.1. The highest BCUT2D eigenvalue weighted by molar-refractivity contribution is 7.91. The largest absolute Gasteiger partial charge is 0.334 e. The number of carbonyl (C=O) groups excluding carboxylic acids is 1. The molecule has 3 fully saturated rings. The maximum Gasteiger partial charge on any atom is 0.254 e. The maximum absolute atomic E-state index is 14.1. The average Bonchev–Trinajstić information content (AvgIpc) is 3.15. The second-order valence-corrected chi connectivity index (χ2v) is 12.8. The lowest BCUT2D eigenvalue weighted by atomic mass is 9.75. The van der Waals surface area contributed by atoms with Crippen molar-refractivity contribution in [3.05, 3.63) is 64.7 Å². The molecule has 0 bridgehead atoms. The fourth-order valence-corrected chi connectivity index (χ4v) is 7.82. The second-order valence-electron chi connectivity index (χ2n) is 10.1. The summed E-state index contributed by atoms with van der Waals surface area (Å²) in [6, 6.07) is 13.8. The quantitative estimate of drug-likeness (QED) is 0.489. The van der Waals surface area contributed by atoms with Crippen molar-refractivity contribution in [2.75, 3.05) is 13.6 Å². The van der Waals surface area contributed by atoms with Crippen molar-refractivity contribution in [1.82, 2.24) is 9.21 Å². The van der Waals surface area contributed by atoms with E-state index in [1.165, 1.54) is 7.05 Å². The van der Waals surface area contributed by atoms with Crippen molar-refractivity contribution in [3.63, 3.8) is 0 Å². The second kappa shape index (κ2) is 8.82. The van der Waals surface area contributed by atoms with E-state index >= 15 is 0 Å². The number of carbonyl (C=O) groups is 1. The molecule has 35 heavy (non-hydrogen) atoms. The van der Waals surface area contributed by atoms with Gasteiger partial charge in [0.2, 0.25) is 5.91 Å². The number of amides is 1. The van der Waals surface area contributed by atoms with Crippen LogP contribution in [0.3, 0.4) is 0 Å². The van der Waals surface area contributed by atoms with Crippen LogP contribution in [0.15, 0.2) is 57.8 Å². The van der Waals surface area contributed by atoms with Crippen molar-refractivity contribution in [2.45, 2.75) is 68.5 Å². The predicted octanol–water partition coefficient (Wildman–Crippen LogP) is 5.70. The first-order valence-corrected chi connectivity index (χ1v) is 13.9. The molecule has 0 radical (unpaired) electrons. The Bertz CT molecular complexity index is 1240. The van der Waals surface area contributed by atoms with Crippen LogP contribution in [0.5, 0.6) is 0 Å². The van der Waals surface area contributed by atoms with Crippen molar-refractivity contribution in [3.8, 4) is 0 Å². The third-order valence-corrected chi connectivity index (χ3v) is 10.5. The van der Waals surface area contributed by atoms with E-state index in [4.69, 9.17) is 11.6 Å². The summed E-state index contributed by atoms with van der Waals surface area (Å²) in [6.07, 6.45) is 1.79. The number of hydrogen-bond donors (Lipinski definition) is 0. The van der Waals surface area contributed by atoms with Gasteiger partial charge in [0, 0.05) is 43.0 Å². The molecule has 0 unspecified atom stereocenters. The highest BCUT2D eigenvalue weighted by atomic mass is 35.5. The third kappa shape index (κ3) is 4.27. The number of aryl methyl sites for hydroxylation is 1. The summed E-state index contributed by atoms with van der Waals surface area (Å²) in [7, 11) is -1.45. The number of hydrogen-bond acceptors (Lipinski definition) is 3. The van der Waals surface area contributed by atoms with E-state index in [0.29, 0.717) is 42.3 Å². The third-order valence-electron chi connectivity index (χ3n) is 7.84. The summed E-state index contributed by atoms with van der Waals surface area (Å²) in [5.41, 5.74) is 0.987. The molecule has 188 valence electrons. The summed E-state index contributed by atoms with van der Waals surface area (Å²) >= 11 is 6.03. The van der Waals surface area contributed by atoms with Crippen LogP contribution in [-0.2, 0) is 21.3 Å². The molecule has 3 aliphatic rings. The molecule has 1 amide bonds. The van der Waals surface area contributed by atoms with Crippen LogP contribution in [0, 0.1) is 12.3 Å². The number of halogens is 3. The van der Waals surface area contributed by atoms with E-state index in [-0.39, 0.29) is 18.4 Å². The van der Waals surface area contributed by atoms with Crippen LogP contribution in [-0.4, -0.2) is 50.9 Å². The molecule has 0 aromatic heterocycles. The molecule has 0 N–H and O–H groups in total. The Balaban J connectivity index is 1.43. The SMILES string of the molecule is CN=[S@](=O)(c1ccc(C)cc1)N1CCC[C@H]1C(=O)N(Cc1ccc(Cl)cc1)C1CC2(C1)CC2(F)F. The van der Waals surface area contributed by atoms with Crippen LogP contribution in [0.4, 0.5) is 8.78 Å². The van der Waals surface area contributed by atoms with E-state index in [2.05, 4.69) is 4.36 Å². The first kappa shape index (κ1) is 24.7. The molecule has 1 spiro atoms. The fraction of sp³-hybridized carbons (Fsp3) is 0.500. The summed E-state index contributed by atoms with van der Waals surface area (Å²) in [5.74, 6) is -2.79. The van der Waals surface area contributed by atoms with Gasteiger partial charge in [-0.1, -0.05) is 41.4 Å². The number of alkyl halides is 2. The standard InChI is InChI=1S/C26H30ClF2N3O2S/c1-18-5-11-22(12-6-18)35(34,30-2)32-13-3-4-23(32)24(33)31(16-19-7-9-20(27)10-8-19)21-14-25(15-21)17-26(25,28)29/h5-12,21,23H,3-4,13-17H2,1-2H3/t21?,23-,25?,35+/m0/s1. The van der Waals surface area contributed by atoms with Crippen molar-refractivity contribution in [1.29, 1.82) is 0 Å². The molecule has 2 aliphatic carbocycles. The lowest BCUT2D eigenvalue weighted by Gasteiger charge is -2.45. The van der Waals surface area contributed by atoms with Gasteiger partial charge < -0.3 is 4.90 Å². The van der Waals surface area contributed by atoms with Gasteiger partial charge in [0.05, 0.1) is 4.90 Å². The topological polar surface area (TPSA) is 53.0 Å². The molecule has 2 aromatic carbocycles. The van der Waals surface area contributed by atoms with Gasteiger partial charge in [0.1, 0.15) is 16.0 Å². The molecule has 9 heteroatoms. The van der Waals surface area contributed by atoms with E-state index in [1.807, 2.05) is 31.2 Å². The molecule has 2 aromatic rings. The lowest BCUT2D eigenvalue weighted by molar-refractivity contribution is -0.143. The first-order valence-electron chi connectivity index (χ1n) is 12.0. The Kier molecular flexibility index (Phi) is 6.21. The van der Waals surface area contributed by atoms with Gasteiger partial charge in [-0.3, -0.25) is 4.79 Å². The molecule has 1 saturated heterocycles. The van der Waals surface area contributed by atoms with E-state index in [0.717, 1.165) is 17.5 Å².